The van der Waals surface area contributed by atoms with Gasteiger partial charge in [-0.05, 0) is 30.2 Å². The molecule has 2 heterocycles. The molecule has 1 aromatic heterocycles. The third-order valence-electron chi connectivity index (χ3n) is 3.46. The van der Waals surface area contributed by atoms with E-state index in [0.29, 0.717) is 0 Å². The number of benzene rings is 1. The molecule has 1 aliphatic rings. The first-order valence-corrected chi connectivity index (χ1v) is 6.35. The number of likely N-dealkylation sites (N-methyl/N-ethyl adjacent to an activating group) is 1. The molecule has 0 saturated heterocycles. The van der Waals surface area contributed by atoms with Crippen LogP contribution in [-0.4, -0.2) is 23.5 Å². The van der Waals surface area contributed by atoms with E-state index in [2.05, 4.69) is 21.3 Å². The van der Waals surface area contributed by atoms with Crippen molar-refractivity contribution in [3.63, 3.8) is 0 Å². The molecule has 6 nitrogen and oxygen atoms in total. The highest BCUT2D eigenvalue weighted by molar-refractivity contribution is 5.71. The molecular formula is C14H14N4O2. The molecule has 20 heavy (non-hydrogen) atoms. The lowest BCUT2D eigenvalue weighted by molar-refractivity contribution is -0.384. The van der Waals surface area contributed by atoms with E-state index < -0.39 is 4.92 Å². The van der Waals surface area contributed by atoms with Crippen molar-refractivity contribution >= 4 is 22.9 Å². The average molecular weight is 270 g/mol. The van der Waals surface area contributed by atoms with Gasteiger partial charge in [0.25, 0.3) is 0 Å². The van der Waals surface area contributed by atoms with E-state index in [-0.39, 0.29) is 11.5 Å². The maximum absolute atomic E-state index is 11.0. The Balaban J connectivity index is 1.93. The molecule has 0 bridgehead atoms. The van der Waals surface area contributed by atoms with Gasteiger partial charge in [-0.2, -0.15) is 0 Å². The molecule has 0 fully saturated rings. The van der Waals surface area contributed by atoms with Crippen LogP contribution in [0, 0.1) is 10.1 Å². The van der Waals surface area contributed by atoms with Crippen LogP contribution in [0.2, 0.25) is 0 Å². The first-order valence-electron chi connectivity index (χ1n) is 6.35. The molecule has 0 amide bonds. The van der Waals surface area contributed by atoms with E-state index in [0.717, 1.165) is 24.3 Å². The molecule has 0 spiro atoms. The summed E-state index contributed by atoms with van der Waals surface area (Å²) in [5.41, 5.74) is 3.24. The summed E-state index contributed by atoms with van der Waals surface area (Å²) in [7, 11) is 2.04. The summed E-state index contributed by atoms with van der Waals surface area (Å²) >= 11 is 0. The number of aromatic nitrogens is 1. The van der Waals surface area contributed by atoms with Gasteiger partial charge in [-0.3, -0.25) is 10.1 Å². The van der Waals surface area contributed by atoms with Crippen LogP contribution in [0.15, 0.2) is 36.5 Å². The number of fused-ring (bicyclic) bond motifs is 1. The first kappa shape index (κ1) is 12.4. The lowest BCUT2D eigenvalue weighted by atomic mass is 10.1. The van der Waals surface area contributed by atoms with E-state index in [1.54, 1.807) is 6.07 Å². The van der Waals surface area contributed by atoms with Gasteiger partial charge in [0.2, 0.25) is 5.82 Å². The van der Waals surface area contributed by atoms with Crippen molar-refractivity contribution in [2.75, 3.05) is 23.8 Å². The number of rotatable bonds is 3. The van der Waals surface area contributed by atoms with Gasteiger partial charge in [0, 0.05) is 37.2 Å². The smallest absolute Gasteiger partial charge is 0.311 e. The van der Waals surface area contributed by atoms with Crippen molar-refractivity contribution in [1.82, 2.24) is 4.98 Å². The van der Waals surface area contributed by atoms with Gasteiger partial charge in [-0.15, -0.1) is 0 Å². The highest BCUT2D eigenvalue weighted by atomic mass is 16.6. The Morgan fingerprint density at radius 1 is 1.40 bits per heavy atom. The van der Waals surface area contributed by atoms with E-state index >= 15 is 0 Å². The summed E-state index contributed by atoms with van der Waals surface area (Å²) < 4.78 is 0. The second-order valence-corrected chi connectivity index (χ2v) is 4.77. The van der Waals surface area contributed by atoms with Crippen LogP contribution in [0.3, 0.4) is 0 Å². The normalized spacial score (nSPS) is 13.2. The minimum absolute atomic E-state index is 0.0265. The van der Waals surface area contributed by atoms with Gasteiger partial charge in [-0.25, -0.2) is 4.98 Å². The zero-order valence-corrected chi connectivity index (χ0v) is 11.0. The van der Waals surface area contributed by atoms with E-state index in [4.69, 9.17) is 0 Å². The minimum atomic E-state index is -0.436. The molecule has 0 saturated carbocycles. The number of pyridine rings is 1. The Kier molecular flexibility index (Phi) is 2.98. The average Bonchev–Trinajstić information content (AvgIpc) is 2.81. The molecule has 3 rings (SSSR count). The third kappa shape index (κ3) is 2.16. The number of anilines is 3. The quantitative estimate of drug-likeness (QED) is 0.686. The highest BCUT2D eigenvalue weighted by Crippen LogP contribution is 2.32. The van der Waals surface area contributed by atoms with E-state index in [1.807, 2.05) is 19.2 Å². The number of nitrogens with one attached hydrogen (secondary N) is 1. The van der Waals surface area contributed by atoms with Gasteiger partial charge >= 0.3 is 5.69 Å². The maximum Gasteiger partial charge on any atom is 0.311 e. The SMILES string of the molecule is CN1CCc2ccc(Nc3ncccc3[N+](=O)[O-])cc21. The van der Waals surface area contributed by atoms with Gasteiger partial charge in [0.05, 0.1) is 4.92 Å². The molecule has 0 aliphatic carbocycles. The lowest BCUT2D eigenvalue weighted by Crippen LogP contribution is -2.12. The van der Waals surface area contributed by atoms with Crippen molar-refractivity contribution in [3.8, 4) is 0 Å². The van der Waals surface area contributed by atoms with Crippen molar-refractivity contribution in [1.29, 1.82) is 0 Å². The third-order valence-corrected chi connectivity index (χ3v) is 3.46. The number of nitro groups is 1. The summed E-state index contributed by atoms with van der Waals surface area (Å²) in [5.74, 6) is 0.262. The van der Waals surface area contributed by atoms with Crippen LogP contribution in [0.25, 0.3) is 0 Å². The predicted octanol–water partition coefficient (Wildman–Crippen LogP) is 2.73. The van der Waals surface area contributed by atoms with Gasteiger partial charge in [0.15, 0.2) is 0 Å². The standard InChI is InChI=1S/C14H14N4O2/c1-17-8-6-10-4-5-11(9-13(10)17)16-14-12(18(19)20)3-2-7-15-14/h2-5,7,9H,6,8H2,1H3,(H,15,16). The van der Waals surface area contributed by atoms with Crippen molar-refractivity contribution in [3.05, 3.63) is 52.2 Å². The van der Waals surface area contributed by atoms with Crippen LogP contribution in [0.1, 0.15) is 5.56 Å². The summed E-state index contributed by atoms with van der Waals surface area (Å²) in [4.78, 5) is 16.7. The topological polar surface area (TPSA) is 71.3 Å². The van der Waals surface area contributed by atoms with Gasteiger partial charge in [-0.1, -0.05) is 6.07 Å². The van der Waals surface area contributed by atoms with Gasteiger partial charge < -0.3 is 10.2 Å². The minimum Gasteiger partial charge on any atom is -0.374 e. The Labute approximate surface area is 116 Å². The zero-order chi connectivity index (χ0) is 14.1. The van der Waals surface area contributed by atoms with Crippen LogP contribution in [-0.2, 0) is 6.42 Å². The number of hydrogen-bond acceptors (Lipinski definition) is 5. The second-order valence-electron chi connectivity index (χ2n) is 4.77. The Hall–Kier alpha value is -2.63. The molecule has 0 unspecified atom stereocenters. The fourth-order valence-electron chi connectivity index (χ4n) is 2.39. The molecule has 1 aliphatic heterocycles. The summed E-state index contributed by atoms with van der Waals surface area (Å²) in [6, 6.07) is 8.97. The van der Waals surface area contributed by atoms with Crippen LogP contribution in [0.4, 0.5) is 22.9 Å². The Morgan fingerprint density at radius 2 is 2.25 bits per heavy atom. The predicted molar refractivity (Wildman–Crippen MR) is 77.6 cm³/mol. The maximum atomic E-state index is 11.0. The van der Waals surface area contributed by atoms with Gasteiger partial charge in [0.1, 0.15) is 0 Å². The van der Waals surface area contributed by atoms with Crippen molar-refractivity contribution in [2.24, 2.45) is 0 Å². The van der Waals surface area contributed by atoms with Crippen LogP contribution < -0.4 is 10.2 Å². The molecule has 0 atom stereocenters. The molecule has 1 N–H and O–H groups in total. The summed E-state index contributed by atoms with van der Waals surface area (Å²) in [6.45, 7) is 1.00. The second kappa shape index (κ2) is 4.80. The van der Waals surface area contributed by atoms with E-state index in [9.17, 15) is 10.1 Å². The lowest BCUT2D eigenvalue weighted by Gasteiger charge is -2.13. The summed E-state index contributed by atoms with van der Waals surface area (Å²) in [5, 5.41) is 14.0. The fourth-order valence-corrected chi connectivity index (χ4v) is 2.39. The largest absolute Gasteiger partial charge is 0.374 e. The number of nitrogens with zero attached hydrogens (tertiary/aromatic N) is 3. The molecule has 102 valence electrons. The Bertz CT molecular complexity index is 672. The zero-order valence-electron chi connectivity index (χ0n) is 11.0. The molecule has 1 aromatic carbocycles. The molecule has 6 heteroatoms. The summed E-state index contributed by atoms with van der Waals surface area (Å²) in [6.07, 6.45) is 2.57. The molecule has 0 radical (unpaired) electrons. The van der Waals surface area contributed by atoms with Crippen LogP contribution in [0.5, 0.6) is 0 Å². The first-order chi connectivity index (χ1) is 9.65. The highest BCUT2D eigenvalue weighted by Gasteiger charge is 2.18. The van der Waals surface area contributed by atoms with Crippen molar-refractivity contribution in [2.45, 2.75) is 6.42 Å². The molecular weight excluding hydrogens is 256 g/mol. The Morgan fingerprint density at radius 3 is 3.05 bits per heavy atom. The van der Waals surface area contributed by atoms with Crippen LogP contribution >= 0.6 is 0 Å². The fraction of sp³-hybridized carbons (Fsp3) is 0.214. The van der Waals surface area contributed by atoms with Crippen molar-refractivity contribution < 1.29 is 4.92 Å². The van der Waals surface area contributed by atoms with E-state index in [1.165, 1.54) is 17.8 Å². The number of hydrogen-bond donors (Lipinski definition) is 1. The molecule has 2 aromatic rings. The monoisotopic (exact) mass is 270 g/mol.